The van der Waals surface area contributed by atoms with Crippen molar-refractivity contribution in [2.24, 2.45) is 11.8 Å². The van der Waals surface area contributed by atoms with E-state index in [1.165, 1.54) is 24.3 Å². The van der Waals surface area contributed by atoms with E-state index in [9.17, 15) is 19.2 Å². The fraction of sp³-hybridized carbons (Fsp3) is 0.474. The van der Waals surface area contributed by atoms with Gasteiger partial charge in [0.2, 0.25) is 0 Å². The van der Waals surface area contributed by atoms with Gasteiger partial charge in [0.1, 0.15) is 23.2 Å². The Morgan fingerprint density at radius 2 is 1.54 bits per heavy atom. The molecule has 0 aliphatic carbocycles. The van der Waals surface area contributed by atoms with Crippen molar-refractivity contribution in [2.45, 2.75) is 40.2 Å². The molecule has 0 saturated carbocycles. The molecule has 142 valence electrons. The summed E-state index contributed by atoms with van der Waals surface area (Å²) in [5, 5.41) is 0.406. The monoisotopic (exact) mass is 382 g/mol. The summed E-state index contributed by atoms with van der Waals surface area (Å²) in [5.74, 6) is -6.45. The van der Waals surface area contributed by atoms with Crippen molar-refractivity contribution in [3.63, 3.8) is 0 Å². The van der Waals surface area contributed by atoms with E-state index >= 15 is 0 Å². The van der Waals surface area contributed by atoms with E-state index in [4.69, 9.17) is 21.1 Å². The smallest absolute Gasteiger partial charge is 0.318 e. The first-order valence-electron chi connectivity index (χ1n) is 8.17. The van der Waals surface area contributed by atoms with Crippen molar-refractivity contribution < 1.29 is 28.7 Å². The van der Waals surface area contributed by atoms with Gasteiger partial charge in [-0.25, -0.2) is 0 Å². The molecule has 26 heavy (non-hydrogen) atoms. The molecule has 0 N–H and O–H groups in total. The third kappa shape index (κ3) is 5.95. The average molecular weight is 383 g/mol. The largest absolute Gasteiger partial charge is 0.465 e. The van der Waals surface area contributed by atoms with Gasteiger partial charge in [-0.05, 0) is 58.9 Å². The maximum Gasteiger partial charge on any atom is 0.318 e. The summed E-state index contributed by atoms with van der Waals surface area (Å²) < 4.78 is 10.2. The molecule has 2 unspecified atom stereocenters. The Hall–Kier alpha value is -2.21. The first kappa shape index (κ1) is 21.8. The number of hydrogen-bond donors (Lipinski definition) is 0. The Bertz CT molecular complexity index is 687. The zero-order valence-electron chi connectivity index (χ0n) is 15.5. The summed E-state index contributed by atoms with van der Waals surface area (Å²) in [7, 11) is 0. The highest BCUT2D eigenvalue weighted by Gasteiger charge is 2.45. The minimum absolute atomic E-state index is 0.0127. The number of ketones is 2. The highest BCUT2D eigenvalue weighted by Crippen LogP contribution is 2.25. The van der Waals surface area contributed by atoms with E-state index in [2.05, 4.69) is 0 Å². The standard InChI is InChI=1S/C19H23ClO6/c1-6-25-17(23)14(11(2)21)15(18(24)26-19(3,4)5)16(22)12-7-9-13(20)10-8-12/h7-10,14-15H,6H2,1-5H3. The molecule has 0 amide bonds. The predicted octanol–water partition coefficient (Wildman–Crippen LogP) is 3.25. The Morgan fingerprint density at radius 1 is 1.00 bits per heavy atom. The lowest BCUT2D eigenvalue weighted by Crippen LogP contribution is -2.43. The van der Waals surface area contributed by atoms with Crippen LogP contribution >= 0.6 is 11.6 Å². The van der Waals surface area contributed by atoms with Gasteiger partial charge in [0.15, 0.2) is 5.78 Å². The molecule has 1 rings (SSSR count). The number of hydrogen-bond acceptors (Lipinski definition) is 6. The Kier molecular flexibility index (Phi) is 7.51. The SMILES string of the molecule is CCOC(=O)C(C(C)=O)C(C(=O)OC(C)(C)C)C(=O)c1ccc(Cl)cc1. The van der Waals surface area contributed by atoms with Crippen LogP contribution in [0.15, 0.2) is 24.3 Å². The molecule has 0 saturated heterocycles. The molecule has 0 bridgehead atoms. The van der Waals surface area contributed by atoms with Crippen LogP contribution in [0.3, 0.4) is 0 Å². The molecule has 0 aromatic heterocycles. The molecule has 0 aliphatic rings. The zero-order chi connectivity index (χ0) is 20.1. The molecule has 6 nitrogen and oxygen atoms in total. The van der Waals surface area contributed by atoms with Crippen molar-refractivity contribution in [3.05, 3.63) is 34.9 Å². The van der Waals surface area contributed by atoms with Crippen LogP contribution in [-0.2, 0) is 23.9 Å². The molecule has 7 heteroatoms. The van der Waals surface area contributed by atoms with E-state index in [1.807, 2.05) is 0 Å². The van der Waals surface area contributed by atoms with Gasteiger partial charge in [-0.2, -0.15) is 0 Å². The molecule has 0 aliphatic heterocycles. The second kappa shape index (κ2) is 8.94. The number of rotatable bonds is 7. The number of benzene rings is 1. The molecular formula is C19H23ClO6. The number of ether oxygens (including phenoxy) is 2. The lowest BCUT2D eigenvalue weighted by atomic mass is 9.83. The van der Waals surface area contributed by atoms with Crippen molar-refractivity contribution in [3.8, 4) is 0 Å². The molecule has 0 heterocycles. The number of carbonyl (C=O) groups is 4. The van der Waals surface area contributed by atoms with E-state index in [0.717, 1.165) is 6.92 Å². The number of halogens is 1. The van der Waals surface area contributed by atoms with E-state index < -0.39 is 40.9 Å². The summed E-state index contributed by atoms with van der Waals surface area (Å²) in [6.45, 7) is 7.59. The third-order valence-corrected chi connectivity index (χ3v) is 3.64. The molecule has 1 aromatic rings. The average Bonchev–Trinajstić information content (AvgIpc) is 2.50. The first-order valence-corrected chi connectivity index (χ1v) is 8.55. The van der Waals surface area contributed by atoms with E-state index in [1.54, 1.807) is 27.7 Å². The summed E-state index contributed by atoms with van der Waals surface area (Å²) in [4.78, 5) is 49.9. The molecule has 1 aromatic carbocycles. The lowest BCUT2D eigenvalue weighted by molar-refractivity contribution is -0.167. The second-order valence-electron chi connectivity index (χ2n) is 6.72. The van der Waals surface area contributed by atoms with Crippen molar-refractivity contribution >= 4 is 35.1 Å². The van der Waals surface area contributed by atoms with Gasteiger partial charge in [-0.3, -0.25) is 19.2 Å². The summed E-state index contributed by atoms with van der Waals surface area (Å²) in [6.07, 6.45) is 0. The summed E-state index contributed by atoms with van der Waals surface area (Å²) in [5.41, 5.74) is -0.758. The normalized spacial score (nSPS) is 13.5. The maximum atomic E-state index is 12.9. The molecule has 0 radical (unpaired) electrons. The summed E-state index contributed by atoms with van der Waals surface area (Å²) in [6, 6.07) is 5.80. The first-order chi connectivity index (χ1) is 12.0. The fourth-order valence-corrected chi connectivity index (χ4v) is 2.45. The van der Waals surface area contributed by atoms with Crippen LogP contribution in [0.25, 0.3) is 0 Å². The van der Waals surface area contributed by atoms with Gasteiger partial charge < -0.3 is 9.47 Å². The number of esters is 2. The van der Waals surface area contributed by atoms with Crippen LogP contribution in [0.1, 0.15) is 45.0 Å². The Balaban J connectivity index is 3.37. The number of carbonyl (C=O) groups excluding carboxylic acids is 4. The zero-order valence-corrected chi connectivity index (χ0v) is 16.3. The van der Waals surface area contributed by atoms with E-state index in [0.29, 0.717) is 5.02 Å². The maximum absolute atomic E-state index is 12.9. The Morgan fingerprint density at radius 3 is 1.96 bits per heavy atom. The molecule has 0 fully saturated rings. The molecule has 0 spiro atoms. The highest BCUT2D eigenvalue weighted by atomic mass is 35.5. The van der Waals surface area contributed by atoms with E-state index in [-0.39, 0.29) is 12.2 Å². The number of Topliss-reactive ketones (excluding diaryl/α,β-unsaturated/α-hetero) is 2. The third-order valence-electron chi connectivity index (χ3n) is 3.38. The topological polar surface area (TPSA) is 86.7 Å². The van der Waals surface area contributed by atoms with Crippen LogP contribution in [0.4, 0.5) is 0 Å². The van der Waals surface area contributed by atoms with Gasteiger partial charge in [0, 0.05) is 10.6 Å². The van der Waals surface area contributed by atoms with Gasteiger partial charge in [-0.1, -0.05) is 11.6 Å². The van der Waals surface area contributed by atoms with Gasteiger partial charge in [0.05, 0.1) is 6.61 Å². The van der Waals surface area contributed by atoms with Crippen LogP contribution in [0.2, 0.25) is 5.02 Å². The van der Waals surface area contributed by atoms with Gasteiger partial charge in [0.25, 0.3) is 0 Å². The Labute approximate surface area is 157 Å². The summed E-state index contributed by atoms with van der Waals surface area (Å²) >= 11 is 5.82. The molecular weight excluding hydrogens is 360 g/mol. The van der Waals surface area contributed by atoms with Crippen molar-refractivity contribution in [2.75, 3.05) is 6.61 Å². The minimum atomic E-state index is -1.63. The van der Waals surface area contributed by atoms with Crippen LogP contribution in [-0.4, -0.2) is 35.7 Å². The van der Waals surface area contributed by atoms with Crippen molar-refractivity contribution in [1.82, 2.24) is 0 Å². The van der Waals surface area contributed by atoms with Crippen molar-refractivity contribution in [1.29, 1.82) is 0 Å². The predicted molar refractivity (Wildman–Crippen MR) is 95.9 cm³/mol. The minimum Gasteiger partial charge on any atom is -0.465 e. The van der Waals surface area contributed by atoms with Crippen LogP contribution in [0, 0.1) is 11.8 Å². The van der Waals surface area contributed by atoms with Crippen LogP contribution in [0.5, 0.6) is 0 Å². The fourth-order valence-electron chi connectivity index (χ4n) is 2.32. The van der Waals surface area contributed by atoms with Crippen LogP contribution < -0.4 is 0 Å². The molecule has 2 atom stereocenters. The van der Waals surface area contributed by atoms with Gasteiger partial charge >= 0.3 is 11.9 Å². The lowest BCUT2D eigenvalue weighted by Gasteiger charge is -2.26. The van der Waals surface area contributed by atoms with Gasteiger partial charge in [-0.15, -0.1) is 0 Å². The highest BCUT2D eigenvalue weighted by molar-refractivity contribution is 6.30. The quantitative estimate of drug-likeness (QED) is 0.408. The second-order valence-corrected chi connectivity index (χ2v) is 7.16.